The molecule has 1 aromatic rings. The van der Waals surface area contributed by atoms with Crippen molar-refractivity contribution in [2.24, 2.45) is 0 Å². The minimum absolute atomic E-state index is 0.605. The number of thiophene rings is 1. The summed E-state index contributed by atoms with van der Waals surface area (Å²) in [6, 6.07) is 2.07. The summed E-state index contributed by atoms with van der Waals surface area (Å²) in [6.45, 7) is 0. The van der Waals surface area contributed by atoms with Gasteiger partial charge in [-0.15, -0.1) is 22.9 Å². The van der Waals surface area contributed by atoms with Crippen molar-refractivity contribution in [3.8, 4) is 0 Å². The Kier molecular flexibility index (Phi) is 3.27. The van der Waals surface area contributed by atoms with E-state index in [9.17, 15) is 0 Å². The van der Waals surface area contributed by atoms with Crippen LogP contribution < -0.4 is 0 Å². The van der Waals surface area contributed by atoms with E-state index in [0.29, 0.717) is 5.88 Å². The standard InChI is InChI=1S/C5H3BrClIS/c6-3-1-5(8)9-4(3)2-7/h1H,2H2. The number of hydrogen-bond donors (Lipinski definition) is 0. The molecule has 0 N–H and O–H groups in total. The molecule has 1 heterocycles. The summed E-state index contributed by atoms with van der Waals surface area (Å²) in [7, 11) is 0. The van der Waals surface area contributed by atoms with Gasteiger partial charge in [0, 0.05) is 9.35 Å². The maximum Gasteiger partial charge on any atom is 0.0668 e. The van der Waals surface area contributed by atoms with Crippen molar-refractivity contribution < 1.29 is 0 Å². The molecule has 0 aliphatic carbocycles. The number of halogens is 3. The minimum Gasteiger partial charge on any atom is -0.132 e. The molecule has 0 atom stereocenters. The maximum absolute atomic E-state index is 5.62. The first-order valence-electron chi connectivity index (χ1n) is 2.23. The summed E-state index contributed by atoms with van der Waals surface area (Å²) in [5, 5.41) is 0. The summed E-state index contributed by atoms with van der Waals surface area (Å²) in [5.41, 5.74) is 0. The third kappa shape index (κ3) is 2.06. The first kappa shape index (κ1) is 8.30. The van der Waals surface area contributed by atoms with E-state index in [-0.39, 0.29) is 0 Å². The third-order valence-corrected chi connectivity index (χ3v) is 4.14. The van der Waals surface area contributed by atoms with Crippen molar-refractivity contribution in [3.05, 3.63) is 18.3 Å². The van der Waals surface area contributed by atoms with Gasteiger partial charge in [0.1, 0.15) is 0 Å². The van der Waals surface area contributed by atoms with E-state index in [1.807, 2.05) is 0 Å². The zero-order valence-corrected chi connectivity index (χ0v) is 9.64. The molecule has 0 radical (unpaired) electrons. The molecule has 0 saturated heterocycles. The van der Waals surface area contributed by atoms with Crippen LogP contribution in [0.4, 0.5) is 0 Å². The van der Waals surface area contributed by atoms with E-state index in [2.05, 4.69) is 44.6 Å². The predicted molar refractivity (Wildman–Crippen MR) is 54.3 cm³/mol. The molecule has 0 spiro atoms. The number of rotatable bonds is 1. The van der Waals surface area contributed by atoms with Crippen molar-refractivity contribution in [2.75, 3.05) is 0 Å². The Morgan fingerprint density at radius 2 is 2.44 bits per heavy atom. The molecule has 0 aliphatic heterocycles. The van der Waals surface area contributed by atoms with Gasteiger partial charge in [-0.3, -0.25) is 0 Å². The summed E-state index contributed by atoms with van der Waals surface area (Å²) in [5.74, 6) is 0.605. The van der Waals surface area contributed by atoms with Crippen LogP contribution in [-0.4, -0.2) is 0 Å². The molecule has 0 bridgehead atoms. The van der Waals surface area contributed by atoms with Crippen LogP contribution in [-0.2, 0) is 5.88 Å². The van der Waals surface area contributed by atoms with Crippen molar-refractivity contribution in [2.45, 2.75) is 5.88 Å². The Hall–Kier alpha value is 1.20. The average Bonchev–Trinajstić information content (AvgIpc) is 2.10. The van der Waals surface area contributed by atoms with Crippen molar-refractivity contribution in [3.63, 3.8) is 0 Å². The zero-order chi connectivity index (χ0) is 6.85. The van der Waals surface area contributed by atoms with Crippen LogP contribution in [0.5, 0.6) is 0 Å². The van der Waals surface area contributed by atoms with Gasteiger partial charge in [0.25, 0.3) is 0 Å². The molecule has 0 aliphatic rings. The van der Waals surface area contributed by atoms with Crippen LogP contribution in [0.2, 0.25) is 0 Å². The van der Waals surface area contributed by atoms with Gasteiger partial charge in [0.05, 0.1) is 8.76 Å². The highest BCUT2D eigenvalue weighted by Gasteiger charge is 2.01. The highest BCUT2D eigenvalue weighted by molar-refractivity contribution is 14.1. The van der Waals surface area contributed by atoms with E-state index < -0.39 is 0 Å². The van der Waals surface area contributed by atoms with Crippen molar-refractivity contribution in [1.29, 1.82) is 0 Å². The molecular weight excluding hydrogens is 334 g/mol. The van der Waals surface area contributed by atoms with Gasteiger partial charge in [-0.05, 0) is 44.6 Å². The molecule has 0 fully saturated rings. The molecule has 0 aromatic carbocycles. The Morgan fingerprint density at radius 3 is 2.67 bits per heavy atom. The predicted octanol–water partition coefficient (Wildman–Crippen LogP) is 3.85. The highest BCUT2D eigenvalue weighted by atomic mass is 127. The fraction of sp³-hybridized carbons (Fsp3) is 0.200. The lowest BCUT2D eigenvalue weighted by Gasteiger charge is -1.84. The molecule has 9 heavy (non-hydrogen) atoms. The topological polar surface area (TPSA) is 0 Å². The highest BCUT2D eigenvalue weighted by Crippen LogP contribution is 2.29. The lowest BCUT2D eigenvalue weighted by Crippen LogP contribution is -1.64. The fourth-order valence-corrected chi connectivity index (χ4v) is 3.86. The Labute approximate surface area is 84.9 Å². The van der Waals surface area contributed by atoms with Gasteiger partial charge in [0.15, 0.2) is 0 Å². The molecule has 1 rings (SSSR count). The van der Waals surface area contributed by atoms with Gasteiger partial charge in [0.2, 0.25) is 0 Å². The Morgan fingerprint density at radius 1 is 1.78 bits per heavy atom. The molecule has 0 unspecified atom stereocenters. The lowest BCUT2D eigenvalue weighted by atomic mass is 10.5. The second kappa shape index (κ2) is 3.55. The second-order valence-electron chi connectivity index (χ2n) is 1.46. The number of alkyl halides is 1. The van der Waals surface area contributed by atoms with Crippen LogP contribution in [0.15, 0.2) is 10.5 Å². The third-order valence-electron chi connectivity index (χ3n) is 0.849. The first-order valence-corrected chi connectivity index (χ1v) is 5.46. The maximum atomic E-state index is 5.62. The second-order valence-corrected chi connectivity index (χ2v) is 5.61. The van der Waals surface area contributed by atoms with E-state index in [1.54, 1.807) is 11.3 Å². The fourth-order valence-electron chi connectivity index (χ4n) is 0.467. The van der Waals surface area contributed by atoms with E-state index in [1.165, 1.54) is 7.76 Å². The monoisotopic (exact) mass is 336 g/mol. The quantitative estimate of drug-likeness (QED) is 0.539. The molecule has 0 nitrogen and oxygen atoms in total. The molecule has 4 heteroatoms. The smallest absolute Gasteiger partial charge is 0.0668 e. The van der Waals surface area contributed by atoms with Gasteiger partial charge < -0.3 is 0 Å². The molecular formula is C5H3BrClIS. The van der Waals surface area contributed by atoms with Crippen LogP contribution in [0.25, 0.3) is 0 Å². The molecule has 50 valence electrons. The van der Waals surface area contributed by atoms with Crippen LogP contribution in [0.1, 0.15) is 4.88 Å². The van der Waals surface area contributed by atoms with Crippen LogP contribution in [0, 0.1) is 2.88 Å². The zero-order valence-electron chi connectivity index (χ0n) is 4.33. The van der Waals surface area contributed by atoms with Gasteiger partial charge >= 0.3 is 0 Å². The van der Waals surface area contributed by atoms with E-state index in [0.717, 1.165) is 4.47 Å². The number of hydrogen-bond acceptors (Lipinski definition) is 1. The van der Waals surface area contributed by atoms with Gasteiger partial charge in [-0.1, -0.05) is 0 Å². The largest absolute Gasteiger partial charge is 0.132 e. The SMILES string of the molecule is ClCc1sc(I)cc1Br. The van der Waals surface area contributed by atoms with E-state index in [4.69, 9.17) is 11.6 Å². The summed E-state index contributed by atoms with van der Waals surface area (Å²) >= 11 is 13.0. The summed E-state index contributed by atoms with van der Waals surface area (Å²) < 4.78 is 2.40. The van der Waals surface area contributed by atoms with Crippen LogP contribution in [0.3, 0.4) is 0 Å². The Bertz CT molecular complexity index is 211. The van der Waals surface area contributed by atoms with Crippen molar-refractivity contribution in [1.82, 2.24) is 0 Å². The molecule has 1 aromatic heterocycles. The summed E-state index contributed by atoms with van der Waals surface area (Å²) in [6.07, 6.45) is 0. The van der Waals surface area contributed by atoms with Gasteiger partial charge in [-0.25, -0.2) is 0 Å². The summed E-state index contributed by atoms with van der Waals surface area (Å²) in [4.78, 5) is 1.21. The molecule has 0 amide bonds. The minimum atomic E-state index is 0.605. The van der Waals surface area contributed by atoms with Gasteiger partial charge in [-0.2, -0.15) is 0 Å². The van der Waals surface area contributed by atoms with E-state index >= 15 is 0 Å². The average molecular weight is 337 g/mol. The first-order chi connectivity index (χ1) is 4.24. The molecule has 0 saturated carbocycles. The Balaban J connectivity index is 3.01. The lowest BCUT2D eigenvalue weighted by molar-refractivity contribution is 1.50. The van der Waals surface area contributed by atoms with Crippen molar-refractivity contribution >= 4 is 61.5 Å². The normalized spacial score (nSPS) is 10.1. The van der Waals surface area contributed by atoms with Crippen LogP contribution >= 0.6 is 61.5 Å².